The van der Waals surface area contributed by atoms with E-state index in [0.717, 1.165) is 0 Å². The third-order valence-electron chi connectivity index (χ3n) is 6.06. The minimum Gasteiger partial charge on any atom is -0.0619 e. The van der Waals surface area contributed by atoms with Crippen molar-refractivity contribution in [2.45, 2.75) is 26.2 Å². The maximum atomic E-state index is 2.36. The summed E-state index contributed by atoms with van der Waals surface area (Å²) in [7, 11) is 0. The van der Waals surface area contributed by atoms with Crippen LogP contribution < -0.4 is 0 Å². The molecule has 26 heavy (non-hydrogen) atoms. The highest BCUT2D eigenvalue weighted by molar-refractivity contribution is 5.98. The van der Waals surface area contributed by atoms with Crippen LogP contribution in [0.1, 0.15) is 30.5 Å². The van der Waals surface area contributed by atoms with Crippen molar-refractivity contribution < 1.29 is 0 Å². The Hall–Kier alpha value is -2.86. The van der Waals surface area contributed by atoms with Crippen molar-refractivity contribution in [2.75, 3.05) is 0 Å². The second-order valence-corrected chi connectivity index (χ2v) is 7.86. The van der Waals surface area contributed by atoms with Gasteiger partial charge >= 0.3 is 0 Å². The number of fused-ring (bicyclic) bond motifs is 4. The van der Waals surface area contributed by atoms with Gasteiger partial charge in [0.15, 0.2) is 0 Å². The van der Waals surface area contributed by atoms with E-state index >= 15 is 0 Å². The van der Waals surface area contributed by atoms with Gasteiger partial charge in [-0.2, -0.15) is 0 Å². The Labute approximate surface area is 155 Å². The molecule has 1 aliphatic carbocycles. The van der Waals surface area contributed by atoms with Gasteiger partial charge in [-0.25, -0.2) is 0 Å². The molecule has 0 heteroatoms. The normalized spacial score (nSPS) is 14.3. The van der Waals surface area contributed by atoms with Crippen LogP contribution in [-0.2, 0) is 5.41 Å². The summed E-state index contributed by atoms with van der Waals surface area (Å²) in [5.41, 5.74) is 9.82. The fourth-order valence-electron chi connectivity index (χ4n) is 4.89. The van der Waals surface area contributed by atoms with E-state index in [4.69, 9.17) is 0 Å². The lowest BCUT2D eigenvalue weighted by Gasteiger charge is -2.25. The van der Waals surface area contributed by atoms with Crippen LogP contribution in [0.25, 0.3) is 33.0 Å². The van der Waals surface area contributed by atoms with Gasteiger partial charge in [0.1, 0.15) is 0 Å². The van der Waals surface area contributed by atoms with Gasteiger partial charge in [0.25, 0.3) is 0 Å². The first kappa shape index (κ1) is 15.4. The van der Waals surface area contributed by atoms with Crippen molar-refractivity contribution in [3.05, 3.63) is 95.6 Å². The van der Waals surface area contributed by atoms with E-state index < -0.39 is 0 Å². The molecule has 0 N–H and O–H groups in total. The minimum atomic E-state index is 0.0383. The Morgan fingerprint density at radius 2 is 1.23 bits per heavy atom. The van der Waals surface area contributed by atoms with Gasteiger partial charge in [-0.05, 0) is 56.6 Å². The first-order valence-electron chi connectivity index (χ1n) is 9.31. The van der Waals surface area contributed by atoms with Crippen LogP contribution in [0.4, 0.5) is 0 Å². The SMILES string of the molecule is Cc1c(-c2cccc3ccccc23)ccc2c1C(C)(C)c1ccccc1-2. The fourth-order valence-corrected chi connectivity index (χ4v) is 4.89. The summed E-state index contributed by atoms with van der Waals surface area (Å²) in [6.45, 7) is 7.01. The lowest BCUT2D eigenvalue weighted by molar-refractivity contribution is 0.656. The molecule has 0 heterocycles. The Morgan fingerprint density at radius 1 is 0.577 bits per heavy atom. The summed E-state index contributed by atoms with van der Waals surface area (Å²) in [6.07, 6.45) is 0. The van der Waals surface area contributed by atoms with Crippen LogP contribution in [0, 0.1) is 6.92 Å². The third kappa shape index (κ3) is 1.96. The molecule has 0 aliphatic heterocycles. The molecule has 0 unspecified atom stereocenters. The van der Waals surface area contributed by atoms with Crippen molar-refractivity contribution in [3.63, 3.8) is 0 Å². The summed E-state index contributed by atoms with van der Waals surface area (Å²) in [4.78, 5) is 0. The number of hydrogen-bond donors (Lipinski definition) is 0. The van der Waals surface area contributed by atoms with E-state index in [9.17, 15) is 0 Å². The molecule has 0 fully saturated rings. The monoisotopic (exact) mass is 334 g/mol. The number of benzene rings is 4. The zero-order valence-corrected chi connectivity index (χ0v) is 15.5. The molecule has 5 rings (SSSR count). The molecule has 0 bridgehead atoms. The zero-order valence-electron chi connectivity index (χ0n) is 15.5. The minimum absolute atomic E-state index is 0.0383. The molecule has 0 amide bonds. The largest absolute Gasteiger partial charge is 0.0619 e. The molecular formula is C26H22. The summed E-state index contributed by atoms with van der Waals surface area (Å²) >= 11 is 0. The van der Waals surface area contributed by atoms with Crippen molar-refractivity contribution >= 4 is 10.8 Å². The highest BCUT2D eigenvalue weighted by Crippen LogP contribution is 2.51. The van der Waals surface area contributed by atoms with Gasteiger partial charge in [-0.3, -0.25) is 0 Å². The molecule has 0 aromatic heterocycles. The van der Waals surface area contributed by atoms with Crippen LogP contribution in [-0.4, -0.2) is 0 Å². The average Bonchev–Trinajstić information content (AvgIpc) is 2.90. The summed E-state index contributed by atoms with van der Waals surface area (Å²) in [6, 6.07) is 28.8. The van der Waals surface area contributed by atoms with Crippen LogP contribution in [0.3, 0.4) is 0 Å². The second-order valence-electron chi connectivity index (χ2n) is 7.86. The third-order valence-corrected chi connectivity index (χ3v) is 6.06. The molecule has 126 valence electrons. The van der Waals surface area contributed by atoms with Crippen LogP contribution in [0.5, 0.6) is 0 Å². The first-order valence-corrected chi connectivity index (χ1v) is 9.31. The standard InChI is InChI=1S/C26H22/c1-17-19(21-13-8-10-18-9-4-5-11-20(18)21)15-16-23-22-12-6-7-14-24(22)26(2,3)25(17)23/h4-16H,1-3H3. The van der Waals surface area contributed by atoms with Crippen molar-refractivity contribution in [2.24, 2.45) is 0 Å². The molecule has 0 atom stereocenters. The lowest BCUT2D eigenvalue weighted by Crippen LogP contribution is -2.16. The topological polar surface area (TPSA) is 0 Å². The Morgan fingerprint density at radius 3 is 2.12 bits per heavy atom. The van der Waals surface area contributed by atoms with E-state index in [1.165, 1.54) is 49.7 Å². The predicted molar refractivity (Wildman–Crippen MR) is 112 cm³/mol. The molecule has 1 aliphatic rings. The fraction of sp³-hybridized carbons (Fsp3) is 0.154. The highest BCUT2D eigenvalue weighted by atomic mass is 14.4. The van der Waals surface area contributed by atoms with Crippen LogP contribution >= 0.6 is 0 Å². The summed E-state index contributed by atoms with van der Waals surface area (Å²) in [5, 5.41) is 2.62. The molecule has 0 radical (unpaired) electrons. The van der Waals surface area contributed by atoms with E-state index in [1.54, 1.807) is 0 Å². The zero-order chi connectivity index (χ0) is 17.9. The number of hydrogen-bond acceptors (Lipinski definition) is 0. The predicted octanol–water partition coefficient (Wildman–Crippen LogP) is 7.12. The van der Waals surface area contributed by atoms with Gasteiger partial charge < -0.3 is 0 Å². The van der Waals surface area contributed by atoms with E-state index in [-0.39, 0.29) is 5.41 Å². The number of rotatable bonds is 1. The van der Waals surface area contributed by atoms with Gasteiger partial charge in [0.2, 0.25) is 0 Å². The van der Waals surface area contributed by atoms with E-state index in [2.05, 4.69) is 99.6 Å². The highest BCUT2D eigenvalue weighted by Gasteiger charge is 2.37. The molecule has 0 spiro atoms. The average molecular weight is 334 g/mol. The van der Waals surface area contributed by atoms with Gasteiger partial charge in [-0.1, -0.05) is 92.7 Å². The molecular weight excluding hydrogens is 312 g/mol. The summed E-state index contributed by atoms with van der Waals surface area (Å²) < 4.78 is 0. The maximum Gasteiger partial charge on any atom is 0.0161 e. The van der Waals surface area contributed by atoms with Crippen molar-refractivity contribution in [3.8, 4) is 22.3 Å². The second kappa shape index (κ2) is 5.32. The summed E-state index contributed by atoms with van der Waals surface area (Å²) in [5.74, 6) is 0. The van der Waals surface area contributed by atoms with Gasteiger partial charge in [-0.15, -0.1) is 0 Å². The van der Waals surface area contributed by atoms with E-state index in [1.807, 2.05) is 0 Å². The van der Waals surface area contributed by atoms with Crippen molar-refractivity contribution in [1.82, 2.24) is 0 Å². The Balaban J connectivity index is 1.82. The van der Waals surface area contributed by atoms with E-state index in [0.29, 0.717) is 0 Å². The lowest BCUT2D eigenvalue weighted by atomic mass is 9.78. The first-order chi connectivity index (χ1) is 12.6. The quantitative estimate of drug-likeness (QED) is 0.347. The van der Waals surface area contributed by atoms with Gasteiger partial charge in [0, 0.05) is 5.41 Å². The Bertz CT molecular complexity index is 1160. The van der Waals surface area contributed by atoms with Gasteiger partial charge in [0.05, 0.1) is 0 Å². The van der Waals surface area contributed by atoms with Crippen molar-refractivity contribution in [1.29, 1.82) is 0 Å². The molecule has 0 saturated heterocycles. The Kier molecular flexibility index (Phi) is 3.15. The molecule has 4 aromatic carbocycles. The maximum absolute atomic E-state index is 2.36. The molecule has 0 nitrogen and oxygen atoms in total. The molecule has 4 aromatic rings. The van der Waals surface area contributed by atoms with Crippen LogP contribution in [0.15, 0.2) is 78.9 Å². The molecule has 0 saturated carbocycles. The van der Waals surface area contributed by atoms with Crippen LogP contribution in [0.2, 0.25) is 0 Å². The smallest absolute Gasteiger partial charge is 0.0161 e.